The maximum Gasteiger partial charge on any atom is 0.329 e. The van der Waals surface area contributed by atoms with E-state index in [1.807, 2.05) is 24.3 Å². The molecule has 0 radical (unpaired) electrons. The van der Waals surface area contributed by atoms with Gasteiger partial charge < -0.3 is 21.1 Å². The second kappa shape index (κ2) is 12.2. The molecule has 0 unspecified atom stereocenters. The van der Waals surface area contributed by atoms with Gasteiger partial charge in [0.25, 0.3) is 0 Å². The molecule has 2 aromatic rings. The third kappa shape index (κ3) is 7.05. The Balaban J connectivity index is 1.56. The summed E-state index contributed by atoms with van der Waals surface area (Å²) in [5, 5.41) is 17.7. The van der Waals surface area contributed by atoms with Crippen LogP contribution in [0.4, 0.5) is 17.5 Å². The molecule has 1 aromatic heterocycles. The van der Waals surface area contributed by atoms with E-state index in [2.05, 4.69) is 27.5 Å². The number of ether oxygens (including phenoxy) is 1. The van der Waals surface area contributed by atoms with Crippen molar-refractivity contribution in [1.29, 1.82) is 0 Å². The van der Waals surface area contributed by atoms with Crippen LogP contribution in [-0.4, -0.2) is 34.6 Å². The van der Waals surface area contributed by atoms with E-state index in [0.717, 1.165) is 63.0 Å². The Morgan fingerprint density at radius 2 is 1.88 bits per heavy atom. The Labute approximate surface area is 189 Å². The summed E-state index contributed by atoms with van der Waals surface area (Å²) < 4.78 is 5.68. The highest BCUT2D eigenvalue weighted by Crippen LogP contribution is 2.29. The monoisotopic (exact) mass is 442 g/mol. The van der Waals surface area contributed by atoms with Gasteiger partial charge in [-0.15, -0.1) is 0 Å². The molecule has 32 heavy (non-hydrogen) atoms. The highest BCUT2D eigenvalue weighted by molar-refractivity contribution is 5.57. The van der Waals surface area contributed by atoms with Crippen molar-refractivity contribution < 1.29 is 9.66 Å². The van der Waals surface area contributed by atoms with Crippen LogP contribution in [0.2, 0.25) is 0 Å². The minimum Gasteiger partial charge on any atom is -0.494 e. The molecule has 0 spiro atoms. The number of nitrogens with zero attached hydrogens (tertiary/aromatic N) is 3. The molecule has 1 aliphatic carbocycles. The zero-order valence-corrected chi connectivity index (χ0v) is 18.8. The number of anilines is 2. The largest absolute Gasteiger partial charge is 0.494 e. The van der Waals surface area contributed by atoms with E-state index < -0.39 is 4.92 Å². The molecule has 1 aliphatic rings. The second-order valence-electron chi connectivity index (χ2n) is 8.39. The average molecular weight is 443 g/mol. The number of rotatable bonds is 12. The standard InChI is InChI=1S/C23H34N6O3/c1-2-3-12-32-20-10-8-19(9-11-20)15-26-23-27-16-21(29(30)31)22(28-23)25-14-18-6-4-17(13-24)5-7-18/h8-11,16-18H,2-7,12-15,24H2,1H3,(H2,25,26,27,28). The zero-order valence-electron chi connectivity index (χ0n) is 18.8. The first-order valence-corrected chi connectivity index (χ1v) is 11.5. The van der Waals surface area contributed by atoms with Gasteiger partial charge in [0.1, 0.15) is 11.9 Å². The van der Waals surface area contributed by atoms with Crippen molar-refractivity contribution in [3.8, 4) is 5.75 Å². The van der Waals surface area contributed by atoms with Gasteiger partial charge in [0, 0.05) is 13.1 Å². The lowest BCUT2D eigenvalue weighted by Crippen LogP contribution is -2.25. The molecule has 9 nitrogen and oxygen atoms in total. The van der Waals surface area contributed by atoms with E-state index in [-0.39, 0.29) is 11.5 Å². The highest BCUT2D eigenvalue weighted by Gasteiger charge is 2.22. The van der Waals surface area contributed by atoms with Gasteiger partial charge in [0.15, 0.2) is 0 Å². The lowest BCUT2D eigenvalue weighted by molar-refractivity contribution is -0.384. The van der Waals surface area contributed by atoms with Gasteiger partial charge in [-0.1, -0.05) is 25.5 Å². The molecule has 174 valence electrons. The lowest BCUT2D eigenvalue weighted by Gasteiger charge is -2.27. The fourth-order valence-electron chi connectivity index (χ4n) is 3.86. The number of benzene rings is 1. The summed E-state index contributed by atoms with van der Waals surface area (Å²) in [4.78, 5) is 19.4. The molecule has 3 rings (SSSR count). The Kier molecular flexibility index (Phi) is 9.03. The Morgan fingerprint density at radius 1 is 1.16 bits per heavy atom. The molecule has 0 atom stereocenters. The molecule has 9 heteroatoms. The fraction of sp³-hybridized carbons (Fsp3) is 0.565. The Bertz CT molecular complexity index is 853. The summed E-state index contributed by atoms with van der Waals surface area (Å²) in [6.45, 7) is 4.76. The minimum absolute atomic E-state index is 0.111. The highest BCUT2D eigenvalue weighted by atomic mass is 16.6. The number of nitrogens with one attached hydrogen (secondary N) is 2. The molecule has 4 N–H and O–H groups in total. The number of nitrogens with two attached hydrogens (primary N) is 1. The van der Waals surface area contributed by atoms with E-state index in [4.69, 9.17) is 10.5 Å². The molecule has 0 bridgehead atoms. The van der Waals surface area contributed by atoms with Crippen molar-refractivity contribution in [2.75, 3.05) is 30.3 Å². The number of hydrogen-bond donors (Lipinski definition) is 3. The summed E-state index contributed by atoms with van der Waals surface area (Å²) in [5.74, 6) is 2.54. The first-order valence-electron chi connectivity index (χ1n) is 11.5. The maximum atomic E-state index is 11.4. The molecule has 0 aliphatic heterocycles. The fourth-order valence-corrected chi connectivity index (χ4v) is 3.86. The summed E-state index contributed by atoms with van der Waals surface area (Å²) in [6, 6.07) is 7.85. The van der Waals surface area contributed by atoms with Gasteiger partial charge in [-0.25, -0.2) is 4.98 Å². The van der Waals surface area contributed by atoms with E-state index >= 15 is 0 Å². The smallest absolute Gasteiger partial charge is 0.329 e. The first-order chi connectivity index (χ1) is 15.6. The zero-order chi connectivity index (χ0) is 22.8. The van der Waals surface area contributed by atoms with Crippen LogP contribution in [0.5, 0.6) is 5.75 Å². The number of unbranched alkanes of at least 4 members (excludes halogenated alkanes) is 1. The van der Waals surface area contributed by atoms with Crippen LogP contribution < -0.4 is 21.1 Å². The van der Waals surface area contributed by atoms with Crippen LogP contribution >= 0.6 is 0 Å². The molecule has 1 heterocycles. The Morgan fingerprint density at radius 3 is 2.53 bits per heavy atom. The normalized spacial score (nSPS) is 18.2. The van der Waals surface area contributed by atoms with Crippen molar-refractivity contribution in [3.63, 3.8) is 0 Å². The summed E-state index contributed by atoms with van der Waals surface area (Å²) in [5.41, 5.74) is 6.70. The lowest BCUT2D eigenvalue weighted by atomic mass is 9.82. The summed E-state index contributed by atoms with van der Waals surface area (Å²) in [7, 11) is 0. The van der Waals surface area contributed by atoms with E-state index in [9.17, 15) is 10.1 Å². The van der Waals surface area contributed by atoms with Crippen molar-refractivity contribution in [1.82, 2.24) is 9.97 Å². The van der Waals surface area contributed by atoms with Crippen molar-refractivity contribution in [2.45, 2.75) is 52.0 Å². The van der Waals surface area contributed by atoms with Gasteiger partial charge >= 0.3 is 5.69 Å². The molecule has 1 saturated carbocycles. The van der Waals surface area contributed by atoms with Crippen molar-refractivity contribution in [3.05, 3.63) is 46.1 Å². The van der Waals surface area contributed by atoms with E-state index in [1.54, 1.807) is 0 Å². The van der Waals surface area contributed by atoms with Crippen LogP contribution in [0.25, 0.3) is 0 Å². The molecular formula is C23H34N6O3. The SMILES string of the molecule is CCCCOc1ccc(CNc2ncc([N+](=O)[O-])c(NCC3CCC(CN)CC3)n2)cc1. The third-order valence-electron chi connectivity index (χ3n) is 5.96. The van der Waals surface area contributed by atoms with E-state index in [0.29, 0.717) is 30.9 Å². The van der Waals surface area contributed by atoms with Crippen molar-refractivity contribution in [2.24, 2.45) is 17.6 Å². The summed E-state index contributed by atoms with van der Waals surface area (Å²) >= 11 is 0. The van der Waals surface area contributed by atoms with Gasteiger partial charge in [0.05, 0.1) is 11.5 Å². The first kappa shape index (κ1) is 23.7. The molecule has 0 saturated heterocycles. The molecule has 1 aromatic carbocycles. The number of nitro groups is 1. The summed E-state index contributed by atoms with van der Waals surface area (Å²) in [6.07, 6.45) is 7.78. The quantitative estimate of drug-likeness (QED) is 0.251. The number of hydrogen-bond acceptors (Lipinski definition) is 8. The molecule has 1 fully saturated rings. The topological polar surface area (TPSA) is 128 Å². The predicted octanol–water partition coefficient (Wildman–Crippen LogP) is 4.35. The van der Waals surface area contributed by atoms with Crippen LogP contribution in [0.3, 0.4) is 0 Å². The minimum atomic E-state index is -0.450. The van der Waals surface area contributed by atoms with Crippen molar-refractivity contribution >= 4 is 17.5 Å². The second-order valence-corrected chi connectivity index (χ2v) is 8.39. The van der Waals surface area contributed by atoms with Crippen LogP contribution in [-0.2, 0) is 6.54 Å². The van der Waals surface area contributed by atoms with Gasteiger partial charge in [0.2, 0.25) is 11.8 Å². The molecular weight excluding hydrogens is 408 g/mol. The molecule has 0 amide bonds. The maximum absolute atomic E-state index is 11.4. The van der Waals surface area contributed by atoms with Crippen LogP contribution in [0.15, 0.2) is 30.5 Å². The van der Waals surface area contributed by atoms with Crippen LogP contribution in [0.1, 0.15) is 51.0 Å². The van der Waals surface area contributed by atoms with Crippen LogP contribution in [0, 0.1) is 22.0 Å². The van der Waals surface area contributed by atoms with Gasteiger partial charge in [-0.2, -0.15) is 4.98 Å². The Hall–Kier alpha value is -2.94. The predicted molar refractivity (Wildman–Crippen MR) is 126 cm³/mol. The van der Waals surface area contributed by atoms with Gasteiger partial charge in [-0.05, 0) is 68.2 Å². The number of aromatic nitrogens is 2. The average Bonchev–Trinajstić information content (AvgIpc) is 2.82. The van der Waals surface area contributed by atoms with E-state index in [1.165, 1.54) is 6.20 Å². The third-order valence-corrected chi connectivity index (χ3v) is 5.96. The van der Waals surface area contributed by atoms with Gasteiger partial charge in [-0.3, -0.25) is 10.1 Å².